The normalized spacial score (nSPS) is 29.3. The van der Waals surface area contributed by atoms with Gasteiger partial charge in [-0.15, -0.1) is 0 Å². The van der Waals surface area contributed by atoms with Gasteiger partial charge in [0, 0.05) is 5.69 Å². The van der Waals surface area contributed by atoms with E-state index >= 15 is 0 Å². The van der Waals surface area contributed by atoms with Crippen LogP contribution < -0.4 is 10.1 Å². The van der Waals surface area contributed by atoms with Crippen LogP contribution >= 0.6 is 0 Å². The Hall–Kier alpha value is -2.82. The van der Waals surface area contributed by atoms with Crippen LogP contribution in [0.5, 0.6) is 11.5 Å². The maximum atomic E-state index is 13.1. The Labute approximate surface area is 183 Å². The van der Waals surface area contributed by atoms with E-state index in [-0.39, 0.29) is 17.3 Å². The van der Waals surface area contributed by atoms with Crippen LogP contribution in [0.4, 0.5) is 5.69 Å². The average molecular weight is 420 g/mol. The summed E-state index contributed by atoms with van der Waals surface area (Å²) in [6, 6.07) is 16.7. The lowest BCUT2D eigenvalue weighted by molar-refractivity contribution is -0.177. The number of amides is 1. The maximum absolute atomic E-state index is 13.1. The Balaban J connectivity index is 1.17. The van der Waals surface area contributed by atoms with Crippen LogP contribution in [0.2, 0.25) is 0 Å². The minimum absolute atomic E-state index is 0.166. The quantitative estimate of drug-likeness (QED) is 0.622. The molecule has 31 heavy (non-hydrogen) atoms. The van der Waals surface area contributed by atoms with Crippen molar-refractivity contribution in [1.29, 1.82) is 0 Å². The molecule has 1 N–H and O–H groups in total. The zero-order valence-corrected chi connectivity index (χ0v) is 17.9. The lowest BCUT2D eigenvalue weighted by atomic mass is 9.49. The van der Waals surface area contributed by atoms with Crippen molar-refractivity contribution in [2.24, 2.45) is 23.2 Å². The largest absolute Gasteiger partial charge is 0.457 e. The number of esters is 1. The number of hydrogen-bond donors (Lipinski definition) is 1. The van der Waals surface area contributed by atoms with Crippen molar-refractivity contribution in [2.45, 2.75) is 51.6 Å². The molecule has 0 unspecified atom stereocenters. The molecule has 0 aliphatic heterocycles. The minimum Gasteiger partial charge on any atom is -0.457 e. The van der Waals surface area contributed by atoms with Crippen molar-refractivity contribution in [3.05, 3.63) is 54.6 Å². The molecule has 4 bridgehead atoms. The minimum atomic E-state index is -0.819. The van der Waals surface area contributed by atoms with Crippen LogP contribution in [0.1, 0.15) is 45.4 Å². The first-order chi connectivity index (χ1) is 15.0. The highest BCUT2D eigenvalue weighted by Crippen LogP contribution is 2.60. The van der Waals surface area contributed by atoms with Gasteiger partial charge in [0.1, 0.15) is 11.5 Å². The van der Waals surface area contributed by atoms with Gasteiger partial charge in [0.2, 0.25) is 0 Å². The van der Waals surface area contributed by atoms with E-state index in [1.807, 2.05) is 30.3 Å². The Morgan fingerprint density at radius 3 is 2.00 bits per heavy atom. The fourth-order valence-corrected chi connectivity index (χ4v) is 6.17. The monoisotopic (exact) mass is 419 g/mol. The van der Waals surface area contributed by atoms with Gasteiger partial charge in [-0.05, 0) is 99.6 Å². The third-order valence-electron chi connectivity index (χ3n) is 7.23. The van der Waals surface area contributed by atoms with Gasteiger partial charge >= 0.3 is 5.97 Å². The van der Waals surface area contributed by atoms with Crippen LogP contribution in [-0.2, 0) is 14.3 Å². The van der Waals surface area contributed by atoms with Gasteiger partial charge in [-0.1, -0.05) is 18.2 Å². The summed E-state index contributed by atoms with van der Waals surface area (Å²) < 4.78 is 11.5. The molecule has 4 aliphatic rings. The first kappa shape index (κ1) is 20.1. The van der Waals surface area contributed by atoms with Crippen molar-refractivity contribution in [3.63, 3.8) is 0 Å². The number of anilines is 1. The molecule has 5 heteroatoms. The molecular weight excluding hydrogens is 390 g/mol. The molecule has 0 aromatic heterocycles. The predicted molar refractivity (Wildman–Crippen MR) is 118 cm³/mol. The van der Waals surface area contributed by atoms with Crippen molar-refractivity contribution < 1.29 is 19.1 Å². The summed E-state index contributed by atoms with van der Waals surface area (Å²) in [5.41, 5.74) is 0.294. The number of benzene rings is 2. The molecule has 2 aromatic rings. The molecule has 1 amide bonds. The van der Waals surface area contributed by atoms with E-state index in [1.165, 1.54) is 19.3 Å². The summed E-state index contributed by atoms with van der Waals surface area (Å²) in [6.45, 7) is 1.65. The van der Waals surface area contributed by atoms with E-state index in [4.69, 9.17) is 9.47 Å². The van der Waals surface area contributed by atoms with E-state index in [2.05, 4.69) is 5.32 Å². The topological polar surface area (TPSA) is 64.6 Å². The van der Waals surface area contributed by atoms with E-state index in [0.717, 1.165) is 25.0 Å². The molecular formula is C26H29NO4. The lowest BCUT2D eigenvalue weighted by Crippen LogP contribution is -2.51. The highest BCUT2D eigenvalue weighted by Gasteiger charge is 2.55. The Morgan fingerprint density at radius 1 is 0.871 bits per heavy atom. The molecule has 0 saturated heterocycles. The van der Waals surface area contributed by atoms with E-state index in [0.29, 0.717) is 29.2 Å². The molecule has 2 aromatic carbocycles. The smallest absolute Gasteiger partial charge is 0.312 e. The number of carbonyl (C=O) groups excluding carboxylic acids is 2. The number of para-hydroxylation sites is 1. The van der Waals surface area contributed by atoms with Gasteiger partial charge in [0.05, 0.1) is 5.41 Å². The average Bonchev–Trinajstić information content (AvgIpc) is 2.75. The second-order valence-corrected chi connectivity index (χ2v) is 9.67. The van der Waals surface area contributed by atoms with Gasteiger partial charge < -0.3 is 14.8 Å². The van der Waals surface area contributed by atoms with Gasteiger partial charge in [0.15, 0.2) is 6.10 Å². The summed E-state index contributed by atoms with van der Waals surface area (Å²) in [5.74, 6) is 2.96. The summed E-state index contributed by atoms with van der Waals surface area (Å²) in [7, 11) is 0. The standard InChI is InChI=1S/C26H29NO4/c1-17(30-25(29)26-14-18-11-19(15-26)13-20(12-18)16-26)24(28)27-21-7-9-23(10-8-21)31-22-5-3-2-4-6-22/h2-10,17-20H,11-16H2,1H3,(H,27,28)/t17-,18?,19?,20?,26?/m0/s1. The van der Waals surface area contributed by atoms with Crippen LogP contribution in [0.25, 0.3) is 0 Å². The molecule has 6 rings (SSSR count). The van der Waals surface area contributed by atoms with Crippen LogP contribution in [0.15, 0.2) is 54.6 Å². The molecule has 0 spiro atoms. The molecule has 0 radical (unpaired) electrons. The van der Waals surface area contributed by atoms with E-state index in [9.17, 15) is 9.59 Å². The number of hydrogen-bond acceptors (Lipinski definition) is 4. The van der Waals surface area contributed by atoms with Crippen LogP contribution in [0.3, 0.4) is 0 Å². The summed E-state index contributed by atoms with van der Waals surface area (Å²) >= 11 is 0. The third kappa shape index (κ3) is 4.18. The SMILES string of the molecule is C[C@H](OC(=O)C12CC3CC(CC(C3)C1)C2)C(=O)Nc1ccc(Oc2ccccc2)cc1. The second kappa shape index (κ2) is 8.03. The highest BCUT2D eigenvalue weighted by atomic mass is 16.5. The zero-order chi connectivity index (χ0) is 21.4. The highest BCUT2D eigenvalue weighted by molar-refractivity contribution is 5.95. The summed E-state index contributed by atoms with van der Waals surface area (Å²) in [4.78, 5) is 25.7. The summed E-state index contributed by atoms with van der Waals surface area (Å²) in [5, 5.41) is 2.84. The lowest BCUT2D eigenvalue weighted by Gasteiger charge is -2.55. The van der Waals surface area contributed by atoms with Crippen molar-refractivity contribution in [3.8, 4) is 11.5 Å². The first-order valence-electron chi connectivity index (χ1n) is 11.3. The molecule has 4 fully saturated rings. The fraction of sp³-hybridized carbons (Fsp3) is 0.462. The zero-order valence-electron chi connectivity index (χ0n) is 17.9. The molecule has 4 aliphatic carbocycles. The van der Waals surface area contributed by atoms with Gasteiger partial charge in [-0.3, -0.25) is 9.59 Å². The predicted octanol–water partition coefficient (Wildman–Crippen LogP) is 5.57. The Bertz CT molecular complexity index is 918. The van der Waals surface area contributed by atoms with Crippen molar-refractivity contribution in [2.75, 3.05) is 5.32 Å². The van der Waals surface area contributed by atoms with E-state index < -0.39 is 6.10 Å². The van der Waals surface area contributed by atoms with Gasteiger partial charge in [0.25, 0.3) is 5.91 Å². The van der Waals surface area contributed by atoms with Gasteiger partial charge in [-0.2, -0.15) is 0 Å². The second-order valence-electron chi connectivity index (χ2n) is 9.67. The number of rotatable bonds is 6. The number of nitrogens with one attached hydrogen (secondary N) is 1. The van der Waals surface area contributed by atoms with Crippen molar-refractivity contribution >= 4 is 17.6 Å². The van der Waals surface area contributed by atoms with Crippen LogP contribution in [0, 0.1) is 23.2 Å². The molecule has 1 atom stereocenters. The van der Waals surface area contributed by atoms with Crippen molar-refractivity contribution in [1.82, 2.24) is 0 Å². The molecule has 162 valence electrons. The Morgan fingerprint density at radius 2 is 1.42 bits per heavy atom. The summed E-state index contributed by atoms with van der Waals surface area (Å²) in [6.07, 6.45) is 5.81. The molecule has 4 saturated carbocycles. The van der Waals surface area contributed by atoms with Crippen LogP contribution in [-0.4, -0.2) is 18.0 Å². The molecule has 0 heterocycles. The third-order valence-corrected chi connectivity index (χ3v) is 7.23. The number of ether oxygens (including phenoxy) is 2. The Kier molecular flexibility index (Phi) is 5.20. The number of carbonyl (C=O) groups is 2. The maximum Gasteiger partial charge on any atom is 0.312 e. The fourth-order valence-electron chi connectivity index (χ4n) is 6.17. The van der Waals surface area contributed by atoms with Gasteiger partial charge in [-0.25, -0.2) is 0 Å². The molecule has 5 nitrogen and oxygen atoms in total. The van der Waals surface area contributed by atoms with E-state index in [1.54, 1.807) is 31.2 Å². The first-order valence-corrected chi connectivity index (χ1v) is 11.3.